The van der Waals surface area contributed by atoms with Gasteiger partial charge in [-0.2, -0.15) is 13.2 Å². The second kappa shape index (κ2) is 15.5. The van der Waals surface area contributed by atoms with E-state index in [0.29, 0.717) is 22.5 Å². The first kappa shape index (κ1) is 34.3. The normalized spacial score (nSPS) is 10.7. The summed E-state index contributed by atoms with van der Waals surface area (Å²) >= 11 is 0. The molecule has 3 N–H and O–H groups in total. The average Bonchev–Trinajstić information content (AvgIpc) is 3.05. The number of nitrogens with zero attached hydrogens (tertiary/aromatic N) is 2. The molecular weight excluding hydrogens is 585 g/mol. The summed E-state index contributed by atoms with van der Waals surface area (Å²) in [7, 11) is 0. The van der Waals surface area contributed by atoms with Gasteiger partial charge in [-0.15, -0.1) is 0 Å². The lowest BCUT2D eigenvalue weighted by Crippen LogP contribution is -2.23. The second-order valence-electron chi connectivity index (χ2n) is 9.55. The lowest BCUT2D eigenvalue weighted by molar-refractivity contribution is -0.137. The van der Waals surface area contributed by atoms with E-state index in [1.54, 1.807) is 6.07 Å². The number of hydrogen-bond donors (Lipinski definition) is 3. The molecule has 0 radical (unpaired) electrons. The van der Waals surface area contributed by atoms with Crippen LogP contribution in [0.25, 0.3) is 11.3 Å². The fourth-order valence-electron chi connectivity index (χ4n) is 4.49. The number of alkyl halides is 3. The number of anilines is 2. The zero-order chi connectivity index (χ0) is 33.1. The molecule has 0 saturated heterocycles. The highest BCUT2D eigenvalue weighted by Crippen LogP contribution is 2.33. The van der Waals surface area contributed by atoms with Crippen molar-refractivity contribution < 1.29 is 32.7 Å². The Balaban J connectivity index is 0.00000271. The Kier molecular flexibility index (Phi) is 11.8. The highest BCUT2D eigenvalue weighted by atomic mass is 19.4. The van der Waals surface area contributed by atoms with Crippen LogP contribution in [0.3, 0.4) is 0 Å². The summed E-state index contributed by atoms with van der Waals surface area (Å²) in [6.07, 6.45) is -3.06. The minimum absolute atomic E-state index is 0.0322. The van der Waals surface area contributed by atoms with Gasteiger partial charge in [-0.1, -0.05) is 32.0 Å². The minimum Gasteiger partial charge on any atom is -0.478 e. The van der Waals surface area contributed by atoms with Gasteiger partial charge in [0.1, 0.15) is 0 Å². The Morgan fingerprint density at radius 3 is 2.16 bits per heavy atom. The van der Waals surface area contributed by atoms with E-state index >= 15 is 0 Å². The number of hydrogen-bond acceptors (Lipinski definition) is 5. The molecule has 0 aliphatic rings. The number of carbonyl (C=O) groups is 3. The molecule has 8 nitrogen and oxygen atoms in total. The number of amides is 2. The maximum atomic E-state index is 13.1. The number of carboxylic acids is 1. The molecule has 0 atom stereocenters. The number of aromatic carboxylic acids is 1. The van der Waals surface area contributed by atoms with Crippen molar-refractivity contribution >= 4 is 29.2 Å². The Hall–Kier alpha value is -5.19. The van der Waals surface area contributed by atoms with Gasteiger partial charge in [-0.25, -0.2) is 4.79 Å². The number of halogens is 3. The molecule has 236 valence electrons. The van der Waals surface area contributed by atoms with E-state index in [9.17, 15) is 32.7 Å². The average molecular weight is 621 g/mol. The maximum absolute atomic E-state index is 13.1. The summed E-state index contributed by atoms with van der Waals surface area (Å²) in [6, 6.07) is 18.8. The largest absolute Gasteiger partial charge is 0.478 e. The van der Waals surface area contributed by atoms with Crippen LogP contribution in [0.2, 0.25) is 0 Å². The first-order valence-corrected chi connectivity index (χ1v) is 14.4. The SMILES string of the molecule is CC.CCN(CC)c1ccc(NC(=O)c2cccc(C(=O)O)c2)c(-c2cc(C(=O)NCc3cccc(C(F)(F)F)c3)ccn2)c1. The molecule has 2 amide bonds. The Bertz CT molecular complexity index is 1650. The lowest BCUT2D eigenvalue weighted by Gasteiger charge is -2.23. The van der Waals surface area contributed by atoms with Crippen LogP contribution in [-0.2, 0) is 12.7 Å². The molecule has 0 saturated carbocycles. The van der Waals surface area contributed by atoms with Gasteiger partial charge >= 0.3 is 12.1 Å². The quantitative estimate of drug-likeness (QED) is 0.169. The molecule has 11 heteroatoms. The summed E-state index contributed by atoms with van der Waals surface area (Å²) in [5.74, 6) is -2.21. The number of rotatable bonds is 10. The zero-order valence-electron chi connectivity index (χ0n) is 25.4. The van der Waals surface area contributed by atoms with Crippen molar-refractivity contribution in [3.05, 3.63) is 113 Å². The second-order valence-corrected chi connectivity index (χ2v) is 9.55. The third-order valence-electron chi connectivity index (χ3n) is 6.76. The molecule has 3 aromatic carbocycles. The molecule has 0 bridgehead atoms. The standard InChI is InChI=1S/C32H29F3N4O4.C2H6/c1-3-39(4-2)25-11-12-27(38-30(41)21-8-6-9-23(16-21)31(42)43)26(18-25)28-17-22(13-14-36-28)29(40)37-19-20-7-5-10-24(15-20)32(33,34)35;1-2/h5-18H,3-4,19H2,1-2H3,(H,37,40)(H,38,41)(H,42,43);1-2H3. The van der Waals surface area contributed by atoms with Crippen molar-refractivity contribution in [3.8, 4) is 11.3 Å². The number of benzene rings is 3. The number of carbonyl (C=O) groups excluding carboxylic acids is 2. The highest BCUT2D eigenvalue weighted by Gasteiger charge is 2.30. The topological polar surface area (TPSA) is 112 Å². The smallest absolute Gasteiger partial charge is 0.416 e. The predicted molar refractivity (Wildman–Crippen MR) is 169 cm³/mol. The first-order valence-electron chi connectivity index (χ1n) is 14.4. The van der Waals surface area contributed by atoms with E-state index in [1.165, 1.54) is 54.7 Å². The van der Waals surface area contributed by atoms with E-state index < -0.39 is 29.5 Å². The van der Waals surface area contributed by atoms with Gasteiger partial charge in [0.2, 0.25) is 0 Å². The molecule has 0 unspecified atom stereocenters. The fraction of sp³-hybridized carbons (Fsp3) is 0.235. The molecule has 1 heterocycles. The number of nitrogens with one attached hydrogen (secondary N) is 2. The van der Waals surface area contributed by atoms with Gasteiger partial charge in [0.05, 0.1) is 22.5 Å². The molecule has 0 aliphatic heterocycles. The number of aromatic nitrogens is 1. The van der Waals surface area contributed by atoms with Gasteiger partial charge in [0.25, 0.3) is 11.8 Å². The van der Waals surface area contributed by atoms with E-state index in [-0.39, 0.29) is 23.2 Å². The van der Waals surface area contributed by atoms with Crippen LogP contribution in [-0.4, -0.2) is 41.0 Å². The van der Waals surface area contributed by atoms with Gasteiger partial charge in [-0.3, -0.25) is 14.6 Å². The van der Waals surface area contributed by atoms with E-state index in [4.69, 9.17) is 0 Å². The van der Waals surface area contributed by atoms with Crippen molar-refractivity contribution in [3.63, 3.8) is 0 Å². The number of carboxylic acid groups (broad SMARTS) is 1. The summed E-state index contributed by atoms with van der Waals surface area (Å²) < 4.78 is 39.2. The summed E-state index contributed by atoms with van der Waals surface area (Å²) in [5.41, 5.74) is 1.95. The van der Waals surface area contributed by atoms with Crippen molar-refractivity contribution in [1.82, 2.24) is 10.3 Å². The Labute approximate surface area is 259 Å². The molecule has 45 heavy (non-hydrogen) atoms. The van der Waals surface area contributed by atoms with Crippen LogP contribution in [0, 0.1) is 0 Å². The molecule has 0 spiro atoms. The fourth-order valence-corrected chi connectivity index (χ4v) is 4.49. The predicted octanol–water partition coefficient (Wildman–Crippen LogP) is 7.52. The van der Waals surface area contributed by atoms with Crippen LogP contribution in [0.4, 0.5) is 24.5 Å². The van der Waals surface area contributed by atoms with Crippen LogP contribution >= 0.6 is 0 Å². The van der Waals surface area contributed by atoms with E-state index in [0.717, 1.165) is 30.9 Å². The van der Waals surface area contributed by atoms with Gasteiger partial charge in [0, 0.05) is 48.2 Å². The lowest BCUT2D eigenvalue weighted by atomic mass is 10.0. The van der Waals surface area contributed by atoms with Crippen molar-refractivity contribution in [1.29, 1.82) is 0 Å². The van der Waals surface area contributed by atoms with Crippen LogP contribution in [0.15, 0.2) is 85.1 Å². The van der Waals surface area contributed by atoms with Crippen molar-refractivity contribution in [2.45, 2.75) is 40.4 Å². The molecule has 0 fully saturated rings. The third-order valence-corrected chi connectivity index (χ3v) is 6.76. The summed E-state index contributed by atoms with van der Waals surface area (Å²) in [5, 5.41) is 14.8. The van der Waals surface area contributed by atoms with Crippen LogP contribution in [0.1, 0.15) is 69.9 Å². The molecular formula is C34H35F3N4O4. The maximum Gasteiger partial charge on any atom is 0.416 e. The van der Waals surface area contributed by atoms with Gasteiger partial charge < -0.3 is 20.6 Å². The summed E-state index contributed by atoms with van der Waals surface area (Å²) in [6.45, 7) is 9.32. The van der Waals surface area contributed by atoms with Crippen molar-refractivity contribution in [2.75, 3.05) is 23.3 Å². The van der Waals surface area contributed by atoms with Crippen LogP contribution < -0.4 is 15.5 Å². The Morgan fingerprint density at radius 1 is 0.822 bits per heavy atom. The molecule has 0 aliphatic carbocycles. The van der Waals surface area contributed by atoms with E-state index in [1.807, 2.05) is 39.8 Å². The zero-order valence-corrected chi connectivity index (χ0v) is 25.4. The highest BCUT2D eigenvalue weighted by molar-refractivity contribution is 6.07. The Morgan fingerprint density at radius 2 is 1.49 bits per heavy atom. The monoisotopic (exact) mass is 620 g/mol. The first-order chi connectivity index (χ1) is 21.5. The van der Waals surface area contributed by atoms with Gasteiger partial charge in [0.15, 0.2) is 0 Å². The summed E-state index contributed by atoms with van der Waals surface area (Å²) in [4.78, 5) is 44.0. The molecule has 4 rings (SSSR count). The van der Waals surface area contributed by atoms with Crippen molar-refractivity contribution in [2.24, 2.45) is 0 Å². The van der Waals surface area contributed by atoms with E-state index in [2.05, 4.69) is 20.5 Å². The van der Waals surface area contributed by atoms with Crippen LogP contribution in [0.5, 0.6) is 0 Å². The number of pyridine rings is 1. The third kappa shape index (κ3) is 8.91. The van der Waals surface area contributed by atoms with Gasteiger partial charge in [-0.05, 0) is 80.1 Å². The molecule has 1 aromatic heterocycles. The minimum atomic E-state index is -4.49. The molecule has 4 aromatic rings.